The van der Waals surface area contributed by atoms with Gasteiger partial charge in [0.1, 0.15) is 5.82 Å². The zero-order chi connectivity index (χ0) is 19.2. The van der Waals surface area contributed by atoms with Gasteiger partial charge in [-0.25, -0.2) is 9.18 Å². The summed E-state index contributed by atoms with van der Waals surface area (Å²) in [5, 5.41) is 6.17. The SMILES string of the molecule is Cc1ccc(Cl)c(NC(=O)NCCN2CCN(c3ccc(F)cc3)CC2)c1. The molecule has 0 bridgehead atoms. The number of carbonyl (C=O) groups is 1. The molecule has 0 atom stereocenters. The number of halogens is 2. The van der Waals surface area contributed by atoms with Crippen molar-refractivity contribution >= 4 is 29.0 Å². The van der Waals surface area contributed by atoms with Crippen LogP contribution in [-0.4, -0.2) is 50.2 Å². The summed E-state index contributed by atoms with van der Waals surface area (Å²) in [6.07, 6.45) is 0. The lowest BCUT2D eigenvalue weighted by Gasteiger charge is -2.36. The number of urea groups is 1. The van der Waals surface area contributed by atoms with Crippen molar-refractivity contribution in [1.82, 2.24) is 10.2 Å². The second kappa shape index (κ2) is 9.06. The molecule has 27 heavy (non-hydrogen) atoms. The maximum Gasteiger partial charge on any atom is 0.319 e. The zero-order valence-electron chi connectivity index (χ0n) is 15.3. The van der Waals surface area contributed by atoms with E-state index in [2.05, 4.69) is 20.4 Å². The Bertz CT molecular complexity index is 776. The van der Waals surface area contributed by atoms with Crippen LogP contribution < -0.4 is 15.5 Å². The minimum Gasteiger partial charge on any atom is -0.369 e. The Morgan fingerprint density at radius 3 is 2.52 bits per heavy atom. The Hall–Kier alpha value is -2.31. The first-order chi connectivity index (χ1) is 13.0. The Balaban J connectivity index is 1.38. The van der Waals surface area contributed by atoms with Crippen LogP contribution in [0.1, 0.15) is 5.56 Å². The van der Waals surface area contributed by atoms with Gasteiger partial charge in [-0.15, -0.1) is 0 Å². The average molecular weight is 391 g/mol. The van der Waals surface area contributed by atoms with Gasteiger partial charge in [0.25, 0.3) is 0 Å². The number of nitrogens with zero attached hydrogens (tertiary/aromatic N) is 2. The molecule has 144 valence electrons. The van der Waals surface area contributed by atoms with Crippen molar-refractivity contribution in [2.45, 2.75) is 6.92 Å². The van der Waals surface area contributed by atoms with Crippen molar-refractivity contribution < 1.29 is 9.18 Å². The first-order valence-corrected chi connectivity index (χ1v) is 9.43. The summed E-state index contributed by atoms with van der Waals surface area (Å²) in [4.78, 5) is 16.6. The van der Waals surface area contributed by atoms with Gasteiger partial charge < -0.3 is 15.5 Å². The van der Waals surface area contributed by atoms with E-state index in [-0.39, 0.29) is 11.8 Å². The van der Waals surface area contributed by atoms with Crippen molar-refractivity contribution in [2.24, 2.45) is 0 Å². The van der Waals surface area contributed by atoms with Crippen molar-refractivity contribution in [3.8, 4) is 0 Å². The normalized spacial score (nSPS) is 14.9. The summed E-state index contributed by atoms with van der Waals surface area (Å²) >= 11 is 6.09. The predicted octanol–water partition coefficient (Wildman–Crippen LogP) is 3.73. The van der Waals surface area contributed by atoms with Crippen LogP contribution in [0.25, 0.3) is 0 Å². The smallest absolute Gasteiger partial charge is 0.319 e. The Morgan fingerprint density at radius 1 is 1.11 bits per heavy atom. The van der Waals surface area contributed by atoms with E-state index >= 15 is 0 Å². The van der Waals surface area contributed by atoms with Crippen molar-refractivity contribution in [1.29, 1.82) is 0 Å². The summed E-state index contributed by atoms with van der Waals surface area (Å²) in [5.41, 5.74) is 2.69. The van der Waals surface area contributed by atoms with Gasteiger partial charge in [-0.1, -0.05) is 17.7 Å². The standard InChI is InChI=1S/C20H24ClFN4O/c1-15-2-7-18(21)19(14-15)24-20(27)23-8-9-25-10-12-26(13-11-25)17-5-3-16(22)4-6-17/h2-7,14H,8-13H2,1H3,(H2,23,24,27). The van der Waals surface area contributed by atoms with E-state index in [1.165, 1.54) is 12.1 Å². The van der Waals surface area contributed by atoms with E-state index in [9.17, 15) is 9.18 Å². The fraction of sp³-hybridized carbons (Fsp3) is 0.350. The molecule has 2 aromatic rings. The number of rotatable bonds is 5. The molecule has 1 saturated heterocycles. The fourth-order valence-electron chi connectivity index (χ4n) is 3.11. The van der Waals surface area contributed by atoms with Crippen LogP contribution in [0, 0.1) is 12.7 Å². The monoisotopic (exact) mass is 390 g/mol. The van der Waals surface area contributed by atoms with Gasteiger partial charge in [0.05, 0.1) is 10.7 Å². The summed E-state index contributed by atoms with van der Waals surface area (Å²) in [5.74, 6) is -0.214. The van der Waals surface area contributed by atoms with Crippen LogP contribution in [0.5, 0.6) is 0 Å². The molecule has 3 rings (SSSR count). The highest BCUT2D eigenvalue weighted by Crippen LogP contribution is 2.22. The highest BCUT2D eigenvalue weighted by atomic mass is 35.5. The second-order valence-corrected chi connectivity index (χ2v) is 7.08. The maximum atomic E-state index is 13.0. The van der Waals surface area contributed by atoms with Crippen LogP contribution in [-0.2, 0) is 0 Å². The average Bonchev–Trinajstić information content (AvgIpc) is 2.66. The summed E-state index contributed by atoms with van der Waals surface area (Å²) in [6.45, 7) is 6.88. The van der Waals surface area contributed by atoms with Gasteiger partial charge in [-0.05, 0) is 48.9 Å². The van der Waals surface area contributed by atoms with Crippen LogP contribution in [0.15, 0.2) is 42.5 Å². The molecule has 2 N–H and O–H groups in total. The number of aryl methyl sites for hydroxylation is 1. The van der Waals surface area contributed by atoms with Gasteiger partial charge in [0.2, 0.25) is 0 Å². The number of amides is 2. The first-order valence-electron chi connectivity index (χ1n) is 9.05. The minimum absolute atomic E-state index is 0.214. The molecule has 0 aromatic heterocycles. The van der Waals surface area contributed by atoms with Crippen LogP contribution in [0.3, 0.4) is 0 Å². The lowest BCUT2D eigenvalue weighted by molar-refractivity contribution is 0.240. The molecule has 0 unspecified atom stereocenters. The highest BCUT2D eigenvalue weighted by Gasteiger charge is 2.17. The molecule has 2 amide bonds. The molecule has 0 saturated carbocycles. The van der Waals surface area contributed by atoms with E-state index in [0.717, 1.165) is 44.0 Å². The third-order valence-electron chi connectivity index (χ3n) is 4.65. The number of nitrogens with one attached hydrogen (secondary N) is 2. The molecule has 0 radical (unpaired) electrons. The third-order valence-corrected chi connectivity index (χ3v) is 4.98. The lowest BCUT2D eigenvalue weighted by atomic mass is 10.2. The van der Waals surface area contributed by atoms with Crippen LogP contribution in [0.2, 0.25) is 5.02 Å². The van der Waals surface area contributed by atoms with Gasteiger partial charge in [0.15, 0.2) is 0 Å². The largest absolute Gasteiger partial charge is 0.369 e. The van der Waals surface area contributed by atoms with Crippen molar-refractivity contribution in [2.75, 3.05) is 49.5 Å². The molecule has 1 aliphatic rings. The van der Waals surface area contributed by atoms with Gasteiger partial charge >= 0.3 is 6.03 Å². The molecule has 0 aliphatic carbocycles. The summed E-state index contributed by atoms with van der Waals surface area (Å²) in [7, 11) is 0. The fourth-order valence-corrected chi connectivity index (χ4v) is 3.28. The van der Waals surface area contributed by atoms with E-state index < -0.39 is 0 Å². The molecule has 5 nitrogen and oxygen atoms in total. The van der Waals surface area contributed by atoms with Gasteiger partial charge in [-0.3, -0.25) is 4.90 Å². The Morgan fingerprint density at radius 2 is 1.81 bits per heavy atom. The summed E-state index contributed by atoms with van der Waals surface area (Å²) in [6, 6.07) is 11.9. The van der Waals surface area contributed by atoms with Gasteiger partial charge in [-0.2, -0.15) is 0 Å². The van der Waals surface area contributed by atoms with E-state index in [1.54, 1.807) is 6.07 Å². The Kier molecular flexibility index (Phi) is 6.53. The van der Waals surface area contributed by atoms with E-state index in [0.29, 0.717) is 17.3 Å². The molecule has 0 spiro atoms. The number of hydrogen-bond acceptors (Lipinski definition) is 3. The number of hydrogen-bond donors (Lipinski definition) is 2. The zero-order valence-corrected chi connectivity index (χ0v) is 16.1. The molecule has 1 heterocycles. The summed E-state index contributed by atoms with van der Waals surface area (Å²) < 4.78 is 13.0. The molecule has 2 aromatic carbocycles. The molecule has 1 fully saturated rings. The van der Waals surface area contributed by atoms with Crippen molar-refractivity contribution in [3.63, 3.8) is 0 Å². The first kappa shape index (κ1) is 19.5. The topological polar surface area (TPSA) is 47.6 Å². The Labute approximate surface area is 164 Å². The number of anilines is 2. The maximum absolute atomic E-state index is 13.0. The van der Waals surface area contributed by atoms with Crippen LogP contribution >= 0.6 is 11.6 Å². The van der Waals surface area contributed by atoms with E-state index in [1.807, 2.05) is 31.2 Å². The second-order valence-electron chi connectivity index (χ2n) is 6.67. The molecular formula is C20H24ClFN4O. The molecular weight excluding hydrogens is 367 g/mol. The van der Waals surface area contributed by atoms with Crippen molar-refractivity contribution in [3.05, 3.63) is 58.9 Å². The van der Waals surface area contributed by atoms with E-state index in [4.69, 9.17) is 11.6 Å². The highest BCUT2D eigenvalue weighted by molar-refractivity contribution is 6.33. The molecule has 1 aliphatic heterocycles. The number of piperazine rings is 1. The van der Waals surface area contributed by atoms with Gasteiger partial charge in [0, 0.05) is 45.0 Å². The van der Waals surface area contributed by atoms with Crippen LogP contribution in [0.4, 0.5) is 20.6 Å². The lowest BCUT2D eigenvalue weighted by Crippen LogP contribution is -2.48. The third kappa shape index (κ3) is 5.58. The number of benzene rings is 2. The molecule has 7 heteroatoms. The predicted molar refractivity (Wildman–Crippen MR) is 108 cm³/mol. The minimum atomic E-state index is -0.257. The number of carbonyl (C=O) groups excluding carboxylic acids is 1. The quantitative estimate of drug-likeness (QED) is 0.817.